The summed E-state index contributed by atoms with van der Waals surface area (Å²) in [7, 11) is 1.25. The molecule has 0 saturated heterocycles. The topological polar surface area (TPSA) is 61.5 Å². The molecular formula is C9H9BrFNO3. The van der Waals surface area contributed by atoms with Crippen molar-refractivity contribution in [2.45, 2.75) is 0 Å². The van der Waals surface area contributed by atoms with Gasteiger partial charge in [0.2, 0.25) is 0 Å². The predicted molar refractivity (Wildman–Crippen MR) is 56.0 cm³/mol. The van der Waals surface area contributed by atoms with Crippen LogP contribution in [0.25, 0.3) is 0 Å². The summed E-state index contributed by atoms with van der Waals surface area (Å²) in [6.07, 6.45) is 0. The van der Waals surface area contributed by atoms with Crippen molar-refractivity contribution in [3.8, 4) is 5.75 Å². The van der Waals surface area contributed by atoms with Crippen molar-refractivity contribution in [1.29, 1.82) is 0 Å². The van der Waals surface area contributed by atoms with E-state index in [1.165, 1.54) is 13.2 Å². The van der Waals surface area contributed by atoms with Gasteiger partial charge in [-0.15, -0.1) is 0 Å². The highest BCUT2D eigenvalue weighted by Gasteiger charge is 2.09. The first-order chi connectivity index (χ1) is 7.04. The van der Waals surface area contributed by atoms with E-state index < -0.39 is 11.8 Å². The standard InChI is InChI=1S/C9H9BrFNO3/c1-14-9(13)4-15-8-2-5(10)6(11)3-7(8)12/h2-3H,4,12H2,1H3. The third kappa shape index (κ3) is 3.09. The average molecular weight is 278 g/mol. The summed E-state index contributed by atoms with van der Waals surface area (Å²) in [5.74, 6) is -0.790. The first-order valence-electron chi connectivity index (χ1n) is 3.98. The predicted octanol–water partition coefficient (Wildman–Crippen LogP) is 1.72. The number of hydrogen-bond acceptors (Lipinski definition) is 4. The van der Waals surface area contributed by atoms with Crippen LogP contribution in [0.4, 0.5) is 10.1 Å². The van der Waals surface area contributed by atoms with Crippen LogP contribution in [-0.4, -0.2) is 19.7 Å². The van der Waals surface area contributed by atoms with Crippen LogP contribution in [0.1, 0.15) is 0 Å². The average Bonchev–Trinajstić information content (AvgIpc) is 2.21. The molecule has 1 rings (SSSR count). The summed E-state index contributed by atoms with van der Waals surface area (Å²) >= 11 is 2.98. The quantitative estimate of drug-likeness (QED) is 0.675. The largest absolute Gasteiger partial charge is 0.480 e. The van der Waals surface area contributed by atoms with Crippen molar-refractivity contribution in [3.63, 3.8) is 0 Å². The highest BCUT2D eigenvalue weighted by molar-refractivity contribution is 9.10. The summed E-state index contributed by atoms with van der Waals surface area (Å²) < 4.78 is 22.6. The zero-order valence-electron chi connectivity index (χ0n) is 7.92. The second kappa shape index (κ2) is 4.97. The minimum Gasteiger partial charge on any atom is -0.480 e. The summed E-state index contributed by atoms with van der Waals surface area (Å²) in [6.45, 7) is -0.265. The zero-order valence-corrected chi connectivity index (χ0v) is 9.51. The number of nitrogen functional groups attached to an aromatic ring is 1. The fraction of sp³-hybridized carbons (Fsp3) is 0.222. The number of esters is 1. The van der Waals surface area contributed by atoms with Crippen LogP contribution < -0.4 is 10.5 Å². The van der Waals surface area contributed by atoms with E-state index in [-0.39, 0.29) is 22.5 Å². The van der Waals surface area contributed by atoms with Gasteiger partial charge in [0, 0.05) is 6.07 Å². The minimum atomic E-state index is -0.533. The summed E-state index contributed by atoms with van der Waals surface area (Å²) in [4.78, 5) is 10.8. The molecule has 0 aliphatic rings. The molecule has 0 heterocycles. The van der Waals surface area contributed by atoms with Crippen LogP contribution in [-0.2, 0) is 9.53 Å². The smallest absolute Gasteiger partial charge is 0.343 e. The molecule has 0 unspecified atom stereocenters. The molecule has 0 aliphatic heterocycles. The highest BCUT2D eigenvalue weighted by Crippen LogP contribution is 2.28. The number of carbonyl (C=O) groups is 1. The third-order valence-electron chi connectivity index (χ3n) is 1.63. The van der Waals surface area contributed by atoms with Gasteiger partial charge in [-0.3, -0.25) is 0 Å². The van der Waals surface area contributed by atoms with Gasteiger partial charge in [-0.1, -0.05) is 0 Å². The van der Waals surface area contributed by atoms with Gasteiger partial charge in [-0.25, -0.2) is 9.18 Å². The lowest BCUT2D eigenvalue weighted by atomic mass is 10.3. The molecule has 15 heavy (non-hydrogen) atoms. The van der Waals surface area contributed by atoms with Crippen LogP contribution in [0, 0.1) is 5.82 Å². The highest BCUT2D eigenvalue weighted by atomic mass is 79.9. The van der Waals surface area contributed by atoms with Gasteiger partial charge in [0.15, 0.2) is 6.61 Å². The summed E-state index contributed by atoms with van der Waals surface area (Å²) in [5.41, 5.74) is 5.60. The number of carbonyl (C=O) groups excluding carboxylic acids is 1. The van der Waals surface area contributed by atoms with E-state index in [9.17, 15) is 9.18 Å². The van der Waals surface area contributed by atoms with E-state index >= 15 is 0 Å². The Morgan fingerprint density at radius 1 is 1.60 bits per heavy atom. The van der Waals surface area contributed by atoms with Gasteiger partial charge in [0.25, 0.3) is 0 Å². The van der Waals surface area contributed by atoms with Crippen molar-refractivity contribution >= 4 is 27.6 Å². The van der Waals surface area contributed by atoms with Gasteiger partial charge < -0.3 is 15.2 Å². The van der Waals surface area contributed by atoms with E-state index in [4.69, 9.17) is 10.5 Å². The van der Waals surface area contributed by atoms with Gasteiger partial charge in [-0.2, -0.15) is 0 Å². The van der Waals surface area contributed by atoms with Crippen molar-refractivity contribution in [2.75, 3.05) is 19.5 Å². The van der Waals surface area contributed by atoms with Gasteiger partial charge in [0.1, 0.15) is 11.6 Å². The lowest BCUT2D eigenvalue weighted by Crippen LogP contribution is -2.13. The monoisotopic (exact) mass is 277 g/mol. The molecule has 0 bridgehead atoms. The maximum absolute atomic E-state index is 13.0. The van der Waals surface area contributed by atoms with Crippen molar-refractivity contribution in [3.05, 3.63) is 22.4 Å². The number of rotatable bonds is 3. The lowest BCUT2D eigenvalue weighted by Gasteiger charge is -2.08. The maximum atomic E-state index is 13.0. The van der Waals surface area contributed by atoms with Crippen molar-refractivity contribution in [2.24, 2.45) is 0 Å². The van der Waals surface area contributed by atoms with Gasteiger partial charge >= 0.3 is 5.97 Å². The number of nitrogens with two attached hydrogens (primary N) is 1. The fourth-order valence-electron chi connectivity index (χ4n) is 0.865. The van der Waals surface area contributed by atoms with Crippen LogP contribution >= 0.6 is 15.9 Å². The Labute approximate surface area is 94.3 Å². The molecule has 0 amide bonds. The molecule has 0 radical (unpaired) electrons. The lowest BCUT2D eigenvalue weighted by molar-refractivity contribution is -0.142. The number of methoxy groups -OCH3 is 1. The first-order valence-corrected chi connectivity index (χ1v) is 4.78. The molecule has 1 aromatic rings. The first kappa shape index (κ1) is 11.8. The summed E-state index contributed by atoms with van der Waals surface area (Å²) in [6, 6.07) is 2.46. The van der Waals surface area contributed by atoms with Crippen LogP contribution in [0.15, 0.2) is 16.6 Å². The number of benzene rings is 1. The Morgan fingerprint density at radius 3 is 2.87 bits per heavy atom. The molecule has 0 aliphatic carbocycles. The number of anilines is 1. The van der Waals surface area contributed by atoms with E-state index in [1.807, 2.05) is 0 Å². The van der Waals surface area contributed by atoms with Gasteiger partial charge in [-0.05, 0) is 22.0 Å². The molecule has 0 fully saturated rings. The normalized spacial score (nSPS) is 9.80. The van der Waals surface area contributed by atoms with Crippen molar-refractivity contribution in [1.82, 2.24) is 0 Å². The Morgan fingerprint density at radius 2 is 2.27 bits per heavy atom. The number of hydrogen-bond donors (Lipinski definition) is 1. The zero-order chi connectivity index (χ0) is 11.4. The van der Waals surface area contributed by atoms with E-state index in [1.54, 1.807) is 0 Å². The van der Waals surface area contributed by atoms with Crippen LogP contribution in [0.5, 0.6) is 5.75 Å². The Hall–Kier alpha value is -1.30. The molecule has 1 aromatic carbocycles. The molecule has 6 heteroatoms. The number of halogens is 2. The number of ether oxygens (including phenoxy) is 2. The second-order valence-electron chi connectivity index (χ2n) is 2.67. The fourth-order valence-corrected chi connectivity index (χ4v) is 1.19. The molecule has 0 atom stereocenters. The molecule has 82 valence electrons. The van der Waals surface area contributed by atoms with E-state index in [2.05, 4.69) is 20.7 Å². The van der Waals surface area contributed by atoms with Gasteiger partial charge in [0.05, 0.1) is 17.3 Å². The Balaban J connectivity index is 2.77. The summed E-state index contributed by atoms with van der Waals surface area (Å²) in [5, 5.41) is 0. The molecule has 2 N–H and O–H groups in total. The van der Waals surface area contributed by atoms with Crippen LogP contribution in [0.2, 0.25) is 0 Å². The molecular weight excluding hydrogens is 269 g/mol. The second-order valence-corrected chi connectivity index (χ2v) is 3.52. The Kier molecular flexibility index (Phi) is 3.90. The van der Waals surface area contributed by atoms with E-state index in [0.29, 0.717) is 0 Å². The van der Waals surface area contributed by atoms with E-state index in [0.717, 1.165) is 6.07 Å². The minimum absolute atomic E-state index is 0.125. The Bertz CT molecular complexity index is 384. The molecule has 0 saturated carbocycles. The van der Waals surface area contributed by atoms with Crippen LogP contribution in [0.3, 0.4) is 0 Å². The molecule has 0 aromatic heterocycles. The third-order valence-corrected chi connectivity index (χ3v) is 2.23. The molecule has 0 spiro atoms. The molecule has 4 nitrogen and oxygen atoms in total. The maximum Gasteiger partial charge on any atom is 0.343 e. The SMILES string of the molecule is COC(=O)COc1cc(Br)c(F)cc1N. The van der Waals surface area contributed by atoms with Crippen molar-refractivity contribution < 1.29 is 18.7 Å².